The Labute approximate surface area is 66.4 Å². The SMILES string of the molecule is C[C@@H]1CC(n2cccn2)CN1. The molecule has 0 radical (unpaired) electrons. The van der Waals surface area contributed by atoms with E-state index in [1.165, 1.54) is 6.42 Å². The predicted molar refractivity (Wildman–Crippen MR) is 43.3 cm³/mol. The van der Waals surface area contributed by atoms with E-state index in [2.05, 4.69) is 17.3 Å². The fourth-order valence-electron chi connectivity index (χ4n) is 1.61. The Hall–Kier alpha value is -0.830. The van der Waals surface area contributed by atoms with Crippen molar-refractivity contribution < 1.29 is 0 Å². The lowest BCUT2D eigenvalue weighted by atomic mass is 10.2. The maximum absolute atomic E-state index is 4.21. The number of hydrogen-bond donors (Lipinski definition) is 1. The van der Waals surface area contributed by atoms with E-state index in [0.717, 1.165) is 6.54 Å². The molecule has 0 spiro atoms. The van der Waals surface area contributed by atoms with Crippen LogP contribution in [0.15, 0.2) is 18.5 Å². The van der Waals surface area contributed by atoms with Crippen LogP contribution in [0.25, 0.3) is 0 Å². The summed E-state index contributed by atoms with van der Waals surface area (Å²) in [6, 6.07) is 3.19. The van der Waals surface area contributed by atoms with E-state index in [1.54, 1.807) is 0 Å². The summed E-state index contributed by atoms with van der Waals surface area (Å²) in [6.45, 7) is 3.27. The topological polar surface area (TPSA) is 29.9 Å². The smallest absolute Gasteiger partial charge is 0.0658 e. The van der Waals surface area contributed by atoms with Gasteiger partial charge in [-0.15, -0.1) is 0 Å². The van der Waals surface area contributed by atoms with Crippen molar-refractivity contribution in [3.8, 4) is 0 Å². The highest BCUT2D eigenvalue weighted by Crippen LogP contribution is 2.17. The molecule has 0 aromatic carbocycles. The van der Waals surface area contributed by atoms with Crippen molar-refractivity contribution in [2.45, 2.75) is 25.4 Å². The Morgan fingerprint density at radius 2 is 2.55 bits per heavy atom. The van der Waals surface area contributed by atoms with Gasteiger partial charge in [0.25, 0.3) is 0 Å². The number of nitrogens with one attached hydrogen (secondary N) is 1. The summed E-state index contributed by atoms with van der Waals surface area (Å²) in [6.07, 6.45) is 5.06. The largest absolute Gasteiger partial charge is 0.312 e. The molecular formula is C8H13N3. The fourth-order valence-corrected chi connectivity index (χ4v) is 1.61. The Bertz CT molecular complexity index is 217. The van der Waals surface area contributed by atoms with Gasteiger partial charge in [0.05, 0.1) is 6.04 Å². The summed E-state index contributed by atoms with van der Waals surface area (Å²) >= 11 is 0. The molecule has 1 N–H and O–H groups in total. The second kappa shape index (κ2) is 2.66. The third kappa shape index (κ3) is 1.28. The normalized spacial score (nSPS) is 31.0. The summed E-state index contributed by atoms with van der Waals surface area (Å²) in [7, 11) is 0. The van der Waals surface area contributed by atoms with E-state index in [9.17, 15) is 0 Å². The summed E-state index contributed by atoms with van der Waals surface area (Å²) in [5, 5.41) is 7.61. The van der Waals surface area contributed by atoms with E-state index in [1.807, 2.05) is 23.1 Å². The monoisotopic (exact) mass is 151 g/mol. The molecule has 1 aromatic heterocycles. The molecule has 11 heavy (non-hydrogen) atoms. The van der Waals surface area contributed by atoms with Crippen LogP contribution in [0.5, 0.6) is 0 Å². The average Bonchev–Trinajstić information content (AvgIpc) is 2.55. The van der Waals surface area contributed by atoms with Crippen LogP contribution in [0, 0.1) is 0 Å². The lowest BCUT2D eigenvalue weighted by Crippen LogP contribution is -2.17. The molecule has 2 rings (SSSR count). The first-order chi connectivity index (χ1) is 5.36. The van der Waals surface area contributed by atoms with E-state index >= 15 is 0 Å². The van der Waals surface area contributed by atoms with Crippen LogP contribution in [0.2, 0.25) is 0 Å². The highest BCUT2D eigenvalue weighted by Gasteiger charge is 2.21. The van der Waals surface area contributed by atoms with Crippen LogP contribution in [0.3, 0.4) is 0 Å². The molecule has 3 heteroatoms. The molecule has 0 bridgehead atoms. The summed E-state index contributed by atoms with van der Waals surface area (Å²) in [4.78, 5) is 0. The van der Waals surface area contributed by atoms with Crippen LogP contribution in [-0.4, -0.2) is 22.4 Å². The van der Waals surface area contributed by atoms with Crippen molar-refractivity contribution in [1.29, 1.82) is 0 Å². The maximum atomic E-state index is 4.21. The van der Waals surface area contributed by atoms with Gasteiger partial charge in [0.15, 0.2) is 0 Å². The molecule has 1 aliphatic rings. The maximum Gasteiger partial charge on any atom is 0.0658 e. The highest BCUT2D eigenvalue weighted by molar-refractivity contribution is 4.87. The van der Waals surface area contributed by atoms with Crippen molar-refractivity contribution >= 4 is 0 Å². The molecule has 0 aliphatic carbocycles. The zero-order valence-electron chi connectivity index (χ0n) is 6.70. The van der Waals surface area contributed by atoms with Crippen molar-refractivity contribution in [2.75, 3.05) is 6.54 Å². The Morgan fingerprint density at radius 1 is 1.64 bits per heavy atom. The van der Waals surface area contributed by atoms with Crippen LogP contribution in [0.1, 0.15) is 19.4 Å². The standard InChI is InChI=1S/C8H13N3/c1-7-5-8(6-9-7)11-4-2-3-10-11/h2-4,7-9H,5-6H2,1H3/t7-,8?/m1/s1. The summed E-state index contributed by atoms with van der Waals surface area (Å²) in [5.41, 5.74) is 0. The van der Waals surface area contributed by atoms with Gasteiger partial charge in [-0.2, -0.15) is 5.10 Å². The Kier molecular flexibility index (Phi) is 1.66. The second-order valence-corrected chi connectivity index (χ2v) is 3.18. The Balaban J connectivity index is 2.08. The van der Waals surface area contributed by atoms with Gasteiger partial charge in [-0.1, -0.05) is 0 Å². The quantitative estimate of drug-likeness (QED) is 0.643. The van der Waals surface area contributed by atoms with Crippen molar-refractivity contribution in [1.82, 2.24) is 15.1 Å². The van der Waals surface area contributed by atoms with Gasteiger partial charge < -0.3 is 5.32 Å². The second-order valence-electron chi connectivity index (χ2n) is 3.18. The first-order valence-electron chi connectivity index (χ1n) is 4.09. The van der Waals surface area contributed by atoms with Gasteiger partial charge in [-0.05, 0) is 19.4 Å². The zero-order valence-corrected chi connectivity index (χ0v) is 6.70. The van der Waals surface area contributed by atoms with E-state index < -0.39 is 0 Å². The minimum Gasteiger partial charge on any atom is -0.312 e. The van der Waals surface area contributed by atoms with E-state index in [-0.39, 0.29) is 0 Å². The number of nitrogens with zero attached hydrogens (tertiary/aromatic N) is 2. The minimum absolute atomic E-state index is 0.569. The van der Waals surface area contributed by atoms with E-state index in [0.29, 0.717) is 12.1 Å². The van der Waals surface area contributed by atoms with Crippen molar-refractivity contribution in [3.63, 3.8) is 0 Å². The average molecular weight is 151 g/mol. The van der Waals surface area contributed by atoms with Gasteiger partial charge in [-0.25, -0.2) is 0 Å². The molecular weight excluding hydrogens is 138 g/mol. The van der Waals surface area contributed by atoms with Gasteiger partial charge in [0.1, 0.15) is 0 Å². The summed E-state index contributed by atoms with van der Waals surface area (Å²) in [5.74, 6) is 0. The molecule has 1 unspecified atom stereocenters. The fraction of sp³-hybridized carbons (Fsp3) is 0.625. The number of hydrogen-bond acceptors (Lipinski definition) is 2. The van der Waals surface area contributed by atoms with Crippen LogP contribution < -0.4 is 5.32 Å². The van der Waals surface area contributed by atoms with Crippen LogP contribution >= 0.6 is 0 Å². The van der Waals surface area contributed by atoms with E-state index in [4.69, 9.17) is 0 Å². The molecule has 60 valence electrons. The molecule has 1 saturated heterocycles. The van der Waals surface area contributed by atoms with Crippen LogP contribution in [-0.2, 0) is 0 Å². The molecule has 0 amide bonds. The molecule has 2 heterocycles. The first kappa shape index (κ1) is 6.85. The molecule has 2 atom stereocenters. The molecule has 0 saturated carbocycles. The lowest BCUT2D eigenvalue weighted by Gasteiger charge is -2.07. The molecule has 1 fully saturated rings. The predicted octanol–water partition coefficient (Wildman–Crippen LogP) is 0.806. The minimum atomic E-state index is 0.569. The molecule has 1 aliphatic heterocycles. The van der Waals surface area contributed by atoms with Crippen LogP contribution in [0.4, 0.5) is 0 Å². The van der Waals surface area contributed by atoms with Gasteiger partial charge in [0.2, 0.25) is 0 Å². The number of aromatic nitrogens is 2. The Morgan fingerprint density at radius 3 is 3.09 bits per heavy atom. The first-order valence-corrected chi connectivity index (χ1v) is 4.09. The number of rotatable bonds is 1. The lowest BCUT2D eigenvalue weighted by molar-refractivity contribution is 0.483. The molecule has 1 aromatic rings. The third-order valence-corrected chi connectivity index (χ3v) is 2.23. The summed E-state index contributed by atoms with van der Waals surface area (Å²) < 4.78 is 2.04. The zero-order chi connectivity index (χ0) is 7.68. The van der Waals surface area contributed by atoms with Gasteiger partial charge in [-0.3, -0.25) is 4.68 Å². The third-order valence-electron chi connectivity index (χ3n) is 2.23. The molecule has 3 nitrogen and oxygen atoms in total. The van der Waals surface area contributed by atoms with Gasteiger partial charge >= 0.3 is 0 Å². The highest BCUT2D eigenvalue weighted by atomic mass is 15.3. The van der Waals surface area contributed by atoms with Crippen molar-refractivity contribution in [2.24, 2.45) is 0 Å². The van der Waals surface area contributed by atoms with Gasteiger partial charge in [0, 0.05) is 25.0 Å². The van der Waals surface area contributed by atoms with Crippen molar-refractivity contribution in [3.05, 3.63) is 18.5 Å².